The van der Waals surface area contributed by atoms with Crippen molar-refractivity contribution >= 4 is 11.9 Å². The Labute approximate surface area is 134 Å². The van der Waals surface area contributed by atoms with Gasteiger partial charge in [0.15, 0.2) is 5.69 Å². The Morgan fingerprint density at radius 2 is 1.87 bits per heavy atom. The van der Waals surface area contributed by atoms with E-state index in [2.05, 4.69) is 5.16 Å². The SMILES string of the molecule is CC(C)c1cc(C(=O)N(Cc2ccccc2)C(C)C(=O)O)no1. The van der Waals surface area contributed by atoms with Crippen molar-refractivity contribution in [2.75, 3.05) is 0 Å². The van der Waals surface area contributed by atoms with E-state index < -0.39 is 17.9 Å². The van der Waals surface area contributed by atoms with Gasteiger partial charge in [-0.3, -0.25) is 4.79 Å². The molecular weight excluding hydrogens is 296 g/mol. The maximum absolute atomic E-state index is 12.7. The number of aliphatic carboxylic acids is 1. The summed E-state index contributed by atoms with van der Waals surface area (Å²) in [4.78, 5) is 25.3. The number of carbonyl (C=O) groups is 2. The third-order valence-electron chi connectivity index (χ3n) is 3.60. The maximum atomic E-state index is 12.7. The third-order valence-corrected chi connectivity index (χ3v) is 3.60. The Morgan fingerprint density at radius 3 is 2.39 bits per heavy atom. The Bertz CT molecular complexity index is 679. The highest BCUT2D eigenvalue weighted by Gasteiger charge is 2.29. The summed E-state index contributed by atoms with van der Waals surface area (Å²) >= 11 is 0. The fourth-order valence-corrected chi connectivity index (χ4v) is 2.11. The van der Waals surface area contributed by atoms with Gasteiger partial charge in [-0.2, -0.15) is 0 Å². The second-order valence-electron chi connectivity index (χ2n) is 5.70. The molecule has 23 heavy (non-hydrogen) atoms. The molecule has 0 saturated carbocycles. The van der Waals surface area contributed by atoms with Crippen LogP contribution in [0.25, 0.3) is 0 Å². The molecule has 2 rings (SSSR count). The minimum absolute atomic E-state index is 0.100. The fraction of sp³-hybridized carbons (Fsp3) is 0.353. The Morgan fingerprint density at radius 1 is 1.22 bits per heavy atom. The van der Waals surface area contributed by atoms with Crippen LogP contribution in [0.5, 0.6) is 0 Å². The van der Waals surface area contributed by atoms with E-state index in [0.717, 1.165) is 5.56 Å². The number of hydrogen-bond donors (Lipinski definition) is 1. The molecule has 2 aromatic rings. The van der Waals surface area contributed by atoms with Gasteiger partial charge in [0.25, 0.3) is 5.91 Å². The van der Waals surface area contributed by atoms with Crippen molar-refractivity contribution in [1.29, 1.82) is 0 Å². The largest absolute Gasteiger partial charge is 0.480 e. The first kappa shape index (κ1) is 16.7. The standard InChI is InChI=1S/C17H20N2O4/c1-11(2)15-9-14(18-23-15)16(20)19(12(3)17(21)22)10-13-7-5-4-6-8-13/h4-9,11-12H,10H2,1-3H3,(H,21,22). The quantitative estimate of drug-likeness (QED) is 0.886. The number of benzene rings is 1. The van der Waals surface area contributed by atoms with E-state index in [1.54, 1.807) is 6.07 Å². The zero-order chi connectivity index (χ0) is 17.0. The zero-order valence-corrected chi connectivity index (χ0v) is 13.4. The summed E-state index contributed by atoms with van der Waals surface area (Å²) < 4.78 is 5.14. The van der Waals surface area contributed by atoms with E-state index in [4.69, 9.17) is 4.52 Å². The molecular formula is C17H20N2O4. The van der Waals surface area contributed by atoms with E-state index >= 15 is 0 Å². The minimum Gasteiger partial charge on any atom is -0.480 e. The lowest BCUT2D eigenvalue weighted by Gasteiger charge is -2.25. The molecule has 1 heterocycles. The van der Waals surface area contributed by atoms with Gasteiger partial charge in [0.2, 0.25) is 0 Å². The van der Waals surface area contributed by atoms with Gasteiger partial charge >= 0.3 is 5.97 Å². The first-order valence-electron chi connectivity index (χ1n) is 7.44. The van der Waals surface area contributed by atoms with Gasteiger partial charge in [-0.25, -0.2) is 4.79 Å². The van der Waals surface area contributed by atoms with Crippen LogP contribution in [0.15, 0.2) is 40.9 Å². The molecule has 0 saturated heterocycles. The molecule has 0 fully saturated rings. The maximum Gasteiger partial charge on any atom is 0.326 e. The topological polar surface area (TPSA) is 83.6 Å². The lowest BCUT2D eigenvalue weighted by atomic mass is 10.1. The average Bonchev–Trinajstić information content (AvgIpc) is 3.02. The summed E-state index contributed by atoms with van der Waals surface area (Å²) in [5.74, 6) is -0.833. The van der Waals surface area contributed by atoms with Crippen LogP contribution in [0.2, 0.25) is 0 Å². The predicted octanol–water partition coefficient (Wildman–Crippen LogP) is 2.91. The highest BCUT2D eigenvalue weighted by Crippen LogP contribution is 2.18. The van der Waals surface area contributed by atoms with Crippen molar-refractivity contribution < 1.29 is 19.2 Å². The Kier molecular flexibility index (Phi) is 5.16. The van der Waals surface area contributed by atoms with Crippen LogP contribution in [0.1, 0.15) is 48.5 Å². The van der Waals surface area contributed by atoms with Crippen LogP contribution >= 0.6 is 0 Å². The van der Waals surface area contributed by atoms with E-state index in [0.29, 0.717) is 5.76 Å². The molecule has 122 valence electrons. The van der Waals surface area contributed by atoms with Crippen molar-refractivity contribution in [2.45, 2.75) is 39.3 Å². The van der Waals surface area contributed by atoms with Crippen molar-refractivity contribution in [3.8, 4) is 0 Å². The lowest BCUT2D eigenvalue weighted by molar-refractivity contribution is -0.141. The van der Waals surface area contributed by atoms with E-state index in [1.165, 1.54) is 11.8 Å². The van der Waals surface area contributed by atoms with Gasteiger partial charge in [-0.1, -0.05) is 49.3 Å². The molecule has 0 bridgehead atoms. The molecule has 6 heteroatoms. The number of carbonyl (C=O) groups excluding carboxylic acids is 1. The van der Waals surface area contributed by atoms with Crippen LogP contribution < -0.4 is 0 Å². The third kappa shape index (κ3) is 3.97. The van der Waals surface area contributed by atoms with Gasteiger partial charge < -0.3 is 14.5 Å². The van der Waals surface area contributed by atoms with Crippen LogP contribution in [0, 0.1) is 0 Å². The first-order valence-corrected chi connectivity index (χ1v) is 7.44. The molecule has 1 aromatic carbocycles. The zero-order valence-electron chi connectivity index (χ0n) is 13.4. The average molecular weight is 316 g/mol. The summed E-state index contributed by atoms with van der Waals surface area (Å²) in [5.41, 5.74) is 0.972. The molecule has 1 aromatic heterocycles. The van der Waals surface area contributed by atoms with Crippen molar-refractivity contribution in [2.24, 2.45) is 0 Å². The number of amides is 1. The van der Waals surface area contributed by atoms with Crippen LogP contribution in [0.3, 0.4) is 0 Å². The molecule has 0 aliphatic carbocycles. The highest BCUT2D eigenvalue weighted by atomic mass is 16.5. The van der Waals surface area contributed by atoms with Gasteiger partial charge in [0.05, 0.1) is 0 Å². The number of carboxylic acids is 1. The van der Waals surface area contributed by atoms with Crippen molar-refractivity contribution in [1.82, 2.24) is 10.1 Å². The normalized spacial score (nSPS) is 12.2. The van der Waals surface area contributed by atoms with Gasteiger partial charge in [0, 0.05) is 18.5 Å². The Hall–Kier alpha value is -2.63. The highest BCUT2D eigenvalue weighted by molar-refractivity contribution is 5.94. The molecule has 0 spiro atoms. The summed E-state index contributed by atoms with van der Waals surface area (Å²) in [5, 5.41) is 13.1. The number of rotatable bonds is 6. The van der Waals surface area contributed by atoms with Gasteiger partial charge in [-0.05, 0) is 12.5 Å². The van der Waals surface area contributed by atoms with E-state index in [-0.39, 0.29) is 18.2 Å². The van der Waals surface area contributed by atoms with Crippen LogP contribution in [0.4, 0.5) is 0 Å². The Balaban J connectivity index is 2.28. The molecule has 0 aliphatic rings. The molecule has 1 atom stereocenters. The molecule has 6 nitrogen and oxygen atoms in total. The lowest BCUT2D eigenvalue weighted by Crippen LogP contribution is -2.42. The van der Waals surface area contributed by atoms with E-state index in [1.807, 2.05) is 44.2 Å². The second-order valence-corrected chi connectivity index (χ2v) is 5.70. The molecule has 1 unspecified atom stereocenters. The van der Waals surface area contributed by atoms with E-state index in [9.17, 15) is 14.7 Å². The molecule has 1 N–H and O–H groups in total. The molecule has 1 amide bonds. The van der Waals surface area contributed by atoms with Gasteiger partial charge in [-0.15, -0.1) is 0 Å². The predicted molar refractivity (Wildman–Crippen MR) is 84.0 cm³/mol. The summed E-state index contributed by atoms with van der Waals surface area (Å²) in [7, 11) is 0. The first-order chi connectivity index (χ1) is 10.9. The van der Waals surface area contributed by atoms with Crippen LogP contribution in [-0.4, -0.2) is 33.1 Å². The molecule has 0 aliphatic heterocycles. The summed E-state index contributed by atoms with van der Waals surface area (Å²) in [6, 6.07) is 9.84. The summed E-state index contributed by atoms with van der Waals surface area (Å²) in [6.07, 6.45) is 0. The van der Waals surface area contributed by atoms with Crippen molar-refractivity contribution in [3.05, 3.63) is 53.4 Å². The van der Waals surface area contributed by atoms with Crippen LogP contribution in [-0.2, 0) is 11.3 Å². The number of hydrogen-bond acceptors (Lipinski definition) is 4. The number of nitrogens with zero attached hydrogens (tertiary/aromatic N) is 2. The van der Waals surface area contributed by atoms with Crippen molar-refractivity contribution in [3.63, 3.8) is 0 Å². The minimum atomic E-state index is -1.07. The fourth-order valence-electron chi connectivity index (χ4n) is 2.11. The second kappa shape index (κ2) is 7.09. The molecule has 0 radical (unpaired) electrons. The smallest absolute Gasteiger partial charge is 0.326 e. The summed E-state index contributed by atoms with van der Waals surface area (Å²) in [6.45, 7) is 5.52. The number of aromatic nitrogens is 1. The monoisotopic (exact) mass is 316 g/mol. The van der Waals surface area contributed by atoms with Gasteiger partial charge in [0.1, 0.15) is 11.8 Å². The number of carboxylic acid groups (broad SMARTS) is 1.